The van der Waals surface area contributed by atoms with Crippen molar-refractivity contribution >= 4 is 36.1 Å². The first-order valence-electron chi connectivity index (χ1n) is 7.90. The predicted molar refractivity (Wildman–Crippen MR) is 95.3 cm³/mol. The van der Waals surface area contributed by atoms with E-state index >= 15 is 0 Å². The number of benzene rings is 1. The molecule has 0 bridgehead atoms. The Morgan fingerprint density at radius 3 is 2.96 bits per heavy atom. The molecule has 1 unspecified atom stereocenters. The minimum absolute atomic E-state index is 0.0766. The van der Waals surface area contributed by atoms with Gasteiger partial charge < -0.3 is 19.7 Å². The van der Waals surface area contributed by atoms with E-state index in [9.17, 15) is 19.6 Å². The van der Waals surface area contributed by atoms with Gasteiger partial charge in [0.25, 0.3) is 5.91 Å². The highest BCUT2D eigenvalue weighted by Crippen LogP contribution is 2.31. The van der Waals surface area contributed by atoms with Crippen molar-refractivity contribution in [3.8, 4) is 0 Å². The quantitative estimate of drug-likeness (QED) is 0.604. The van der Waals surface area contributed by atoms with Crippen molar-refractivity contribution in [3.05, 3.63) is 51.2 Å². The fourth-order valence-corrected chi connectivity index (χ4v) is 3.89. The lowest BCUT2D eigenvalue weighted by molar-refractivity contribution is 0.0210. The number of nitrogens with zero attached hydrogens (tertiary/aromatic N) is 1. The number of hydrogen-bond acceptors (Lipinski definition) is 6. The average Bonchev–Trinajstić information content (AvgIpc) is 3.10. The number of hydrogen-bond donors (Lipinski definition) is 2. The summed E-state index contributed by atoms with van der Waals surface area (Å²) in [5.74, 6) is -0.256. The maximum Gasteiger partial charge on any atom is 0.489 e. The topological polar surface area (TPSA) is 87.1 Å². The molecule has 25 heavy (non-hydrogen) atoms. The van der Waals surface area contributed by atoms with Crippen molar-refractivity contribution in [1.82, 2.24) is 4.90 Å². The molecule has 1 amide bonds. The van der Waals surface area contributed by atoms with E-state index in [2.05, 4.69) is 0 Å². The summed E-state index contributed by atoms with van der Waals surface area (Å²) in [6.07, 6.45) is 1.25. The van der Waals surface area contributed by atoms with Gasteiger partial charge in [-0.1, -0.05) is 6.07 Å². The van der Waals surface area contributed by atoms with Crippen LogP contribution in [0.4, 0.5) is 0 Å². The Kier molecular flexibility index (Phi) is 5.34. The highest BCUT2D eigenvalue weighted by molar-refractivity contribution is 7.10. The Morgan fingerprint density at radius 2 is 2.24 bits per heavy atom. The molecule has 1 aromatic heterocycles. The zero-order valence-corrected chi connectivity index (χ0v) is 14.5. The molecule has 2 aromatic rings. The minimum Gasteiger partial charge on any atom is -0.423 e. The van der Waals surface area contributed by atoms with Crippen molar-refractivity contribution in [2.24, 2.45) is 0 Å². The molecule has 130 valence electrons. The van der Waals surface area contributed by atoms with Crippen LogP contribution < -0.4 is 5.46 Å². The Labute approximate surface area is 149 Å². The summed E-state index contributed by atoms with van der Waals surface area (Å²) in [7, 11) is -0.0726. The van der Waals surface area contributed by atoms with Gasteiger partial charge >= 0.3 is 7.12 Å². The van der Waals surface area contributed by atoms with Crippen molar-refractivity contribution in [2.45, 2.75) is 12.5 Å². The van der Waals surface area contributed by atoms with Gasteiger partial charge in [-0.05, 0) is 34.6 Å². The van der Waals surface area contributed by atoms with E-state index in [0.29, 0.717) is 25.0 Å². The molecule has 0 saturated carbocycles. The molecule has 1 aliphatic heterocycles. The molecular formula is C17H18BNO5S. The van der Waals surface area contributed by atoms with Crippen LogP contribution in [0, 0.1) is 0 Å². The van der Waals surface area contributed by atoms with Gasteiger partial charge in [0.05, 0.1) is 13.2 Å². The minimum atomic E-state index is -1.75. The first kappa shape index (κ1) is 17.8. The molecule has 1 aliphatic rings. The number of fused-ring (bicyclic) bond motifs is 1. The van der Waals surface area contributed by atoms with Gasteiger partial charge in [0, 0.05) is 29.5 Å². The summed E-state index contributed by atoms with van der Waals surface area (Å²) in [5, 5.41) is 20.5. The first-order chi connectivity index (χ1) is 12.0. The highest BCUT2D eigenvalue weighted by atomic mass is 32.1. The number of ether oxygens (including phenoxy) is 1. The van der Waals surface area contributed by atoms with E-state index in [0.717, 1.165) is 12.0 Å². The van der Waals surface area contributed by atoms with Gasteiger partial charge in [0.15, 0.2) is 0 Å². The van der Waals surface area contributed by atoms with Crippen LogP contribution in [0.15, 0.2) is 29.6 Å². The van der Waals surface area contributed by atoms with Crippen LogP contribution in [0.5, 0.6) is 0 Å². The van der Waals surface area contributed by atoms with E-state index in [1.54, 1.807) is 23.3 Å². The lowest BCUT2D eigenvalue weighted by Crippen LogP contribution is -2.35. The monoisotopic (exact) mass is 359 g/mol. The fourth-order valence-electron chi connectivity index (χ4n) is 2.97. The number of rotatable bonds is 5. The molecular weight excluding hydrogens is 341 g/mol. The predicted octanol–water partition coefficient (Wildman–Crippen LogP) is 0.626. The summed E-state index contributed by atoms with van der Waals surface area (Å²) in [6, 6.07) is 6.27. The maximum atomic E-state index is 12.6. The molecule has 0 spiro atoms. The third kappa shape index (κ3) is 3.67. The first-order valence-corrected chi connectivity index (χ1v) is 8.77. The van der Waals surface area contributed by atoms with Crippen molar-refractivity contribution in [1.29, 1.82) is 0 Å². The molecule has 6 nitrogen and oxygen atoms in total. The number of aldehydes is 1. The van der Waals surface area contributed by atoms with Gasteiger partial charge in [-0.3, -0.25) is 9.59 Å². The Balaban J connectivity index is 1.76. The largest absolute Gasteiger partial charge is 0.489 e. The average molecular weight is 359 g/mol. The van der Waals surface area contributed by atoms with Gasteiger partial charge in [-0.25, -0.2) is 0 Å². The molecule has 0 aliphatic carbocycles. The second kappa shape index (κ2) is 7.49. The fraction of sp³-hybridized carbons (Fsp3) is 0.294. The van der Waals surface area contributed by atoms with E-state index in [4.69, 9.17) is 4.74 Å². The molecule has 0 radical (unpaired) electrons. The number of thiophene rings is 1. The second-order valence-electron chi connectivity index (χ2n) is 5.93. The van der Waals surface area contributed by atoms with Crippen LogP contribution in [-0.4, -0.2) is 54.5 Å². The zero-order valence-electron chi connectivity index (χ0n) is 13.7. The van der Waals surface area contributed by atoms with Crippen LogP contribution in [0.2, 0.25) is 0 Å². The summed E-state index contributed by atoms with van der Waals surface area (Å²) < 4.78 is 5.81. The van der Waals surface area contributed by atoms with Crippen LogP contribution >= 0.6 is 11.3 Å². The smallest absolute Gasteiger partial charge is 0.423 e. The summed E-state index contributed by atoms with van der Waals surface area (Å²) in [4.78, 5) is 26.6. The summed E-state index contributed by atoms with van der Waals surface area (Å²) in [6.45, 7) is 1.04. The standard InChI is InChI=1S/C17H18BNO5S/c1-19(9-15-13-5-7-25-16(13)4-6-24-15)17(21)11-2-3-14(18(22)23)12(8-11)10-20/h2-3,5,7-8,10,15,22-23H,4,6,9H2,1H3. The zero-order chi connectivity index (χ0) is 18.0. The third-order valence-corrected chi connectivity index (χ3v) is 5.30. The molecule has 3 rings (SSSR count). The van der Waals surface area contributed by atoms with Gasteiger partial charge in [0.2, 0.25) is 0 Å². The van der Waals surface area contributed by atoms with Crippen LogP contribution in [0.1, 0.15) is 37.3 Å². The van der Waals surface area contributed by atoms with Gasteiger partial charge in [-0.15, -0.1) is 11.3 Å². The number of amides is 1. The Morgan fingerprint density at radius 1 is 1.44 bits per heavy atom. The molecule has 2 heterocycles. The normalized spacial score (nSPS) is 16.2. The Hall–Kier alpha value is -2.00. The van der Waals surface area contributed by atoms with Crippen molar-refractivity contribution in [3.63, 3.8) is 0 Å². The SMILES string of the molecule is CN(CC1OCCc2sccc21)C(=O)c1ccc(B(O)O)c(C=O)c1. The van der Waals surface area contributed by atoms with Crippen molar-refractivity contribution < 1.29 is 24.4 Å². The molecule has 1 aromatic carbocycles. The summed E-state index contributed by atoms with van der Waals surface area (Å²) in [5.41, 5.74) is 1.61. The van der Waals surface area contributed by atoms with Crippen LogP contribution in [0.3, 0.4) is 0 Å². The van der Waals surface area contributed by atoms with Gasteiger partial charge in [0.1, 0.15) is 12.4 Å². The Bertz CT molecular complexity index is 791. The van der Waals surface area contributed by atoms with Crippen LogP contribution in [0.25, 0.3) is 0 Å². The van der Waals surface area contributed by atoms with E-state index in [-0.39, 0.29) is 23.0 Å². The van der Waals surface area contributed by atoms with Crippen molar-refractivity contribution in [2.75, 3.05) is 20.2 Å². The lowest BCUT2D eigenvalue weighted by Gasteiger charge is -2.28. The van der Waals surface area contributed by atoms with E-state index < -0.39 is 7.12 Å². The molecule has 0 fully saturated rings. The van der Waals surface area contributed by atoms with Crippen LogP contribution in [-0.2, 0) is 11.2 Å². The number of likely N-dealkylation sites (N-methyl/N-ethyl adjacent to an activating group) is 1. The summed E-state index contributed by atoms with van der Waals surface area (Å²) >= 11 is 1.70. The third-order valence-electron chi connectivity index (χ3n) is 4.30. The van der Waals surface area contributed by atoms with E-state index in [1.807, 2.05) is 11.4 Å². The molecule has 0 saturated heterocycles. The number of carbonyl (C=O) groups excluding carboxylic acids is 2. The van der Waals surface area contributed by atoms with Gasteiger partial charge in [-0.2, -0.15) is 0 Å². The highest BCUT2D eigenvalue weighted by Gasteiger charge is 2.26. The molecule has 1 atom stereocenters. The van der Waals surface area contributed by atoms with E-state index in [1.165, 1.54) is 23.1 Å². The lowest BCUT2D eigenvalue weighted by atomic mass is 9.77. The second-order valence-corrected chi connectivity index (χ2v) is 6.93. The number of carbonyl (C=O) groups is 2. The molecule has 2 N–H and O–H groups in total. The molecule has 8 heteroatoms. The maximum absolute atomic E-state index is 12.6.